The van der Waals surface area contributed by atoms with Crippen molar-refractivity contribution in [2.24, 2.45) is 17.3 Å². The molecule has 9 N–H and O–H groups in total. The minimum Gasteiger partial charge on any atom is -0.352 e. The van der Waals surface area contributed by atoms with Crippen molar-refractivity contribution in [2.45, 2.75) is 156 Å². The van der Waals surface area contributed by atoms with Gasteiger partial charge in [-0.15, -0.1) is 0 Å². The van der Waals surface area contributed by atoms with Crippen LogP contribution in [-0.4, -0.2) is 128 Å². The molecule has 9 unspecified atom stereocenters. The summed E-state index contributed by atoms with van der Waals surface area (Å²) in [6.45, 7) is 18.5. The molecule has 77 heavy (non-hydrogen) atoms. The number of hydrogen-bond acceptors (Lipinski definition) is 10. The van der Waals surface area contributed by atoms with E-state index in [1.54, 1.807) is 90.3 Å². The van der Waals surface area contributed by atoms with Crippen LogP contribution in [0.3, 0.4) is 0 Å². The van der Waals surface area contributed by atoms with Crippen LogP contribution in [0.2, 0.25) is 0 Å². The number of likely N-dealkylation sites (N-methyl/N-ethyl adjacent to an activating group) is 2. The fraction of sp³-hybridized carbons (Fsp3) is 0.525. The number of rotatable bonds is 21. The predicted octanol–water partition coefficient (Wildman–Crippen LogP) is 3.63. The monoisotopic (exact) mass is 1060 g/mol. The Labute approximate surface area is 454 Å². The highest BCUT2D eigenvalue weighted by Gasteiger charge is 2.46. The van der Waals surface area contributed by atoms with Gasteiger partial charge in [0.05, 0.1) is 18.1 Å². The minimum absolute atomic E-state index is 0.0634. The topological polar surface area (TPSA) is 248 Å². The van der Waals surface area contributed by atoms with Gasteiger partial charge >= 0.3 is 0 Å². The number of aryl methyl sites for hydroxylation is 1. The van der Waals surface area contributed by atoms with E-state index in [1.807, 2.05) is 59.7 Å². The first kappa shape index (κ1) is 60.8. The summed E-state index contributed by atoms with van der Waals surface area (Å²) in [4.78, 5) is 110. The number of nitrogens with zero attached hydrogens (tertiary/aromatic N) is 1. The number of carbonyl (C=O) groups is 8. The lowest BCUT2D eigenvalue weighted by molar-refractivity contribution is -0.144. The summed E-state index contributed by atoms with van der Waals surface area (Å²) in [5, 5.41) is 26.3. The molecule has 0 saturated carbocycles. The molecular weight excluding hydrogens is 977 g/mol. The van der Waals surface area contributed by atoms with Crippen molar-refractivity contribution < 1.29 is 38.4 Å². The molecule has 5 rings (SSSR count). The van der Waals surface area contributed by atoms with Crippen LogP contribution in [0.4, 0.5) is 0 Å². The van der Waals surface area contributed by atoms with Crippen LogP contribution in [0, 0.1) is 29.1 Å². The van der Waals surface area contributed by atoms with Crippen molar-refractivity contribution in [3.63, 3.8) is 0 Å². The molecule has 416 valence electrons. The number of benzene rings is 3. The van der Waals surface area contributed by atoms with Crippen LogP contribution in [-0.2, 0) is 35.2 Å². The van der Waals surface area contributed by atoms with E-state index in [4.69, 9.17) is 0 Å². The van der Waals surface area contributed by atoms with E-state index in [0.29, 0.717) is 22.3 Å². The van der Waals surface area contributed by atoms with Crippen molar-refractivity contribution in [1.29, 1.82) is 0 Å². The molecule has 9 atom stereocenters. The molecule has 3 aromatic rings. The molecule has 0 radical (unpaired) electrons. The molecule has 1 aliphatic carbocycles. The predicted molar refractivity (Wildman–Crippen MR) is 297 cm³/mol. The number of hydrogen-bond donors (Lipinski definition) is 9. The summed E-state index contributed by atoms with van der Waals surface area (Å²) in [5.74, 6) is 2.96. The zero-order chi connectivity index (χ0) is 56.7. The van der Waals surface area contributed by atoms with Crippen LogP contribution in [0.1, 0.15) is 144 Å². The maximum atomic E-state index is 14.5. The van der Waals surface area contributed by atoms with E-state index in [9.17, 15) is 38.4 Å². The zero-order valence-corrected chi connectivity index (χ0v) is 46.9. The third kappa shape index (κ3) is 16.9. The van der Waals surface area contributed by atoms with Gasteiger partial charge in [0, 0.05) is 47.4 Å². The van der Waals surface area contributed by atoms with Gasteiger partial charge in [-0.25, -0.2) is 0 Å². The SMILES string of the molecule is CNC(C)C(=O)NC(C(=O)NC(CCNC(=O)c1ccc(C#Cc2ccc(C(=O)NC3CC(C(=O)NC4CCCc5ccccc54)N(C(=O)C(NC(=O)C(C)NC)C(C)(C)C)C3)cc2)cc1)C(=O)NC(C)C(C)C)C(C)C. The Balaban J connectivity index is 1.21. The molecule has 18 nitrogen and oxygen atoms in total. The average Bonchev–Trinajstić information content (AvgIpc) is 3.84. The number of fused-ring (bicyclic) bond motifs is 1. The van der Waals surface area contributed by atoms with Crippen molar-refractivity contribution in [1.82, 2.24) is 52.8 Å². The lowest BCUT2D eigenvalue weighted by Gasteiger charge is -2.36. The fourth-order valence-electron chi connectivity index (χ4n) is 9.04. The third-order valence-corrected chi connectivity index (χ3v) is 14.6. The molecule has 0 bridgehead atoms. The van der Waals surface area contributed by atoms with E-state index in [-0.39, 0.29) is 79.4 Å². The van der Waals surface area contributed by atoms with Crippen LogP contribution in [0.15, 0.2) is 72.8 Å². The van der Waals surface area contributed by atoms with Crippen LogP contribution < -0.4 is 47.9 Å². The Bertz CT molecular complexity index is 2640. The Kier molecular flexibility index (Phi) is 21.9. The number of amides is 8. The van der Waals surface area contributed by atoms with Gasteiger partial charge < -0.3 is 52.8 Å². The maximum absolute atomic E-state index is 14.5. The second kappa shape index (κ2) is 27.8. The average molecular weight is 1060 g/mol. The summed E-state index contributed by atoms with van der Waals surface area (Å²) in [6.07, 6.45) is 2.86. The highest BCUT2D eigenvalue weighted by molar-refractivity contribution is 5.97. The molecule has 1 fully saturated rings. The molecule has 1 saturated heterocycles. The first-order valence-corrected chi connectivity index (χ1v) is 27.0. The molecular formula is C59H82N10O8. The standard InChI is InChI=1S/C59H82N10O8/c1-34(2)36(5)63-55(74)47(66-57(76)49(35(3)4)67-51(70)37(6)60-11)30-31-62-53(72)42-26-22-39(23-27-42)20-21-40-24-28-43(29-25-40)54(73)64-44-32-48(56(75)65-46-19-15-17-41-16-13-14-18-45(41)46)69(33-44)58(77)50(59(8,9)10)68-52(71)38(7)61-12/h13-14,16,18,22-29,34-38,44,46-50,60-61H,15,17,19,30-33H2,1-12H3,(H,62,72)(H,63,74)(H,64,73)(H,65,75)(H,66,76)(H,67,70)(H,68,71). The molecule has 3 aromatic carbocycles. The largest absolute Gasteiger partial charge is 0.352 e. The quantitative estimate of drug-likeness (QED) is 0.0702. The van der Waals surface area contributed by atoms with Crippen molar-refractivity contribution in [2.75, 3.05) is 27.2 Å². The van der Waals surface area contributed by atoms with Gasteiger partial charge in [-0.3, -0.25) is 38.4 Å². The molecule has 2 aliphatic rings. The van der Waals surface area contributed by atoms with Crippen LogP contribution in [0.25, 0.3) is 0 Å². The summed E-state index contributed by atoms with van der Waals surface area (Å²) in [6, 6.07) is 15.7. The van der Waals surface area contributed by atoms with Crippen molar-refractivity contribution in [3.05, 3.63) is 106 Å². The van der Waals surface area contributed by atoms with Gasteiger partial charge in [0.15, 0.2) is 0 Å². The summed E-state index contributed by atoms with van der Waals surface area (Å²) < 4.78 is 0. The first-order valence-electron chi connectivity index (χ1n) is 27.0. The molecule has 1 aliphatic heterocycles. The zero-order valence-electron chi connectivity index (χ0n) is 46.9. The minimum atomic E-state index is -0.986. The molecule has 18 heteroatoms. The van der Waals surface area contributed by atoms with Crippen LogP contribution in [0.5, 0.6) is 0 Å². The third-order valence-electron chi connectivity index (χ3n) is 14.6. The highest BCUT2D eigenvalue weighted by Crippen LogP contribution is 2.31. The van der Waals surface area contributed by atoms with Gasteiger partial charge in [-0.1, -0.05) is 84.6 Å². The Morgan fingerprint density at radius 2 is 1.22 bits per heavy atom. The van der Waals surface area contributed by atoms with E-state index >= 15 is 0 Å². The lowest BCUT2D eigenvalue weighted by atomic mass is 9.85. The van der Waals surface area contributed by atoms with Gasteiger partial charge in [-0.05, 0) is 144 Å². The molecule has 0 aromatic heterocycles. The maximum Gasteiger partial charge on any atom is 0.251 e. The van der Waals surface area contributed by atoms with E-state index < -0.39 is 65.4 Å². The number of carbonyl (C=O) groups excluding carboxylic acids is 8. The molecule has 0 spiro atoms. The number of nitrogens with one attached hydrogen (secondary N) is 9. The van der Waals surface area contributed by atoms with Crippen LogP contribution >= 0.6 is 0 Å². The van der Waals surface area contributed by atoms with E-state index in [1.165, 1.54) is 10.5 Å². The lowest BCUT2D eigenvalue weighted by Crippen LogP contribution is -2.59. The van der Waals surface area contributed by atoms with E-state index in [2.05, 4.69) is 65.8 Å². The summed E-state index contributed by atoms with van der Waals surface area (Å²) in [7, 11) is 3.31. The Morgan fingerprint density at radius 1 is 0.649 bits per heavy atom. The Hall–Kier alpha value is -7.10. The molecule has 8 amide bonds. The first-order chi connectivity index (χ1) is 36.4. The van der Waals surface area contributed by atoms with Gasteiger partial charge in [-0.2, -0.15) is 0 Å². The van der Waals surface area contributed by atoms with Crippen molar-refractivity contribution in [3.8, 4) is 11.8 Å². The fourth-order valence-corrected chi connectivity index (χ4v) is 9.04. The van der Waals surface area contributed by atoms with Gasteiger partial charge in [0.2, 0.25) is 35.4 Å². The van der Waals surface area contributed by atoms with Gasteiger partial charge in [0.25, 0.3) is 11.8 Å². The molecule has 1 heterocycles. The van der Waals surface area contributed by atoms with Gasteiger partial charge in [0.1, 0.15) is 24.2 Å². The van der Waals surface area contributed by atoms with E-state index in [0.717, 1.165) is 24.8 Å². The highest BCUT2D eigenvalue weighted by atomic mass is 16.2. The summed E-state index contributed by atoms with van der Waals surface area (Å²) in [5.41, 5.74) is 3.53. The smallest absolute Gasteiger partial charge is 0.251 e. The second-order valence-corrected chi connectivity index (χ2v) is 22.2. The number of likely N-dealkylation sites (tertiary alicyclic amines) is 1. The van der Waals surface area contributed by atoms with Crippen molar-refractivity contribution >= 4 is 47.3 Å². The summed E-state index contributed by atoms with van der Waals surface area (Å²) >= 11 is 0. The second-order valence-electron chi connectivity index (χ2n) is 22.2. The Morgan fingerprint density at radius 3 is 1.78 bits per heavy atom. The normalized spacial score (nSPS) is 18.4.